The predicted octanol–water partition coefficient (Wildman–Crippen LogP) is 3.84. The first-order chi connectivity index (χ1) is 9.22. The van der Waals surface area contributed by atoms with E-state index in [0.717, 1.165) is 18.1 Å². The third-order valence-electron chi connectivity index (χ3n) is 4.82. The minimum Gasteiger partial charge on any atom is -0.365 e. The van der Waals surface area contributed by atoms with E-state index in [1.807, 2.05) is 12.1 Å². The largest absolute Gasteiger partial charge is 0.365 e. The van der Waals surface area contributed by atoms with Crippen LogP contribution in [0.15, 0.2) is 24.3 Å². The molecule has 1 aromatic rings. The Balaban J connectivity index is 1.84. The van der Waals surface area contributed by atoms with E-state index in [1.54, 1.807) is 0 Å². The molecule has 1 spiro atoms. The van der Waals surface area contributed by atoms with Gasteiger partial charge in [0.15, 0.2) is 0 Å². The lowest BCUT2D eigenvalue weighted by Crippen LogP contribution is -2.63. The van der Waals surface area contributed by atoms with Gasteiger partial charge in [0.2, 0.25) is 0 Å². The molecule has 2 nitrogen and oxygen atoms in total. The van der Waals surface area contributed by atoms with E-state index in [0.29, 0.717) is 11.6 Å². The second kappa shape index (κ2) is 5.34. The highest BCUT2D eigenvalue weighted by molar-refractivity contribution is 6.30. The van der Waals surface area contributed by atoms with Crippen LogP contribution in [0.2, 0.25) is 5.02 Å². The summed E-state index contributed by atoms with van der Waals surface area (Å²) in [5, 5.41) is 4.66. The fourth-order valence-electron chi connectivity index (χ4n) is 3.64. The molecular weight excluding hydrogens is 256 g/mol. The van der Waals surface area contributed by atoms with Crippen molar-refractivity contribution in [2.24, 2.45) is 0 Å². The highest BCUT2D eigenvalue weighted by atomic mass is 35.5. The number of nitrogens with zero attached hydrogens (tertiary/aromatic N) is 1. The molecule has 2 fully saturated rings. The van der Waals surface area contributed by atoms with Crippen molar-refractivity contribution in [3.63, 3.8) is 0 Å². The van der Waals surface area contributed by atoms with E-state index in [2.05, 4.69) is 29.3 Å². The van der Waals surface area contributed by atoms with E-state index < -0.39 is 0 Å². The van der Waals surface area contributed by atoms with Crippen molar-refractivity contribution in [3.05, 3.63) is 29.3 Å². The lowest BCUT2D eigenvalue weighted by Gasteiger charge is -2.47. The molecule has 0 bridgehead atoms. The van der Waals surface area contributed by atoms with Crippen molar-refractivity contribution in [1.29, 1.82) is 0 Å². The zero-order valence-corrected chi connectivity index (χ0v) is 12.4. The third-order valence-corrected chi connectivity index (χ3v) is 5.07. The van der Waals surface area contributed by atoms with E-state index in [1.165, 1.54) is 37.8 Å². The molecule has 104 valence electrons. The molecule has 1 saturated carbocycles. The Morgan fingerprint density at radius 1 is 1.26 bits per heavy atom. The van der Waals surface area contributed by atoms with E-state index in [-0.39, 0.29) is 0 Å². The summed E-state index contributed by atoms with van der Waals surface area (Å²) in [5.74, 6) is 0. The molecule has 1 aliphatic heterocycles. The third kappa shape index (κ3) is 2.61. The molecule has 0 aromatic heterocycles. The normalized spacial score (nSPS) is 26.0. The molecule has 3 heteroatoms. The Morgan fingerprint density at radius 2 is 1.95 bits per heavy atom. The molecular formula is C16H23ClN2. The Hall–Kier alpha value is -0.730. The van der Waals surface area contributed by atoms with Crippen molar-refractivity contribution in [2.45, 2.75) is 50.6 Å². The quantitative estimate of drug-likeness (QED) is 0.884. The molecule has 3 rings (SSSR count). The summed E-state index contributed by atoms with van der Waals surface area (Å²) in [5.41, 5.74) is 1.69. The molecule has 1 atom stereocenters. The number of benzene rings is 1. The van der Waals surface area contributed by atoms with Crippen molar-refractivity contribution >= 4 is 17.3 Å². The number of nitrogens with one attached hydrogen (secondary N) is 1. The second-order valence-electron chi connectivity index (χ2n) is 6.03. The molecule has 1 heterocycles. The number of halogens is 1. The van der Waals surface area contributed by atoms with E-state index >= 15 is 0 Å². The fraction of sp³-hybridized carbons (Fsp3) is 0.625. The molecule has 1 N–H and O–H groups in total. The van der Waals surface area contributed by atoms with Gasteiger partial charge in [-0.25, -0.2) is 0 Å². The minimum atomic E-state index is 0.366. The van der Waals surface area contributed by atoms with Gasteiger partial charge < -0.3 is 10.2 Å². The summed E-state index contributed by atoms with van der Waals surface area (Å²) < 4.78 is 0. The van der Waals surface area contributed by atoms with Crippen molar-refractivity contribution in [1.82, 2.24) is 5.32 Å². The Kier molecular flexibility index (Phi) is 3.72. The number of rotatable bonds is 2. The summed E-state index contributed by atoms with van der Waals surface area (Å²) in [6.07, 6.45) is 6.59. The Bertz CT molecular complexity index is 423. The number of hydrogen-bond donors (Lipinski definition) is 1. The summed E-state index contributed by atoms with van der Waals surface area (Å²) in [6, 6.07) is 8.95. The van der Waals surface area contributed by atoms with Crippen LogP contribution in [0, 0.1) is 0 Å². The highest BCUT2D eigenvalue weighted by Gasteiger charge is 2.40. The molecule has 1 unspecified atom stereocenters. The van der Waals surface area contributed by atoms with Crippen LogP contribution in [0.25, 0.3) is 0 Å². The Labute approximate surface area is 121 Å². The van der Waals surface area contributed by atoms with Crippen molar-refractivity contribution < 1.29 is 0 Å². The summed E-state index contributed by atoms with van der Waals surface area (Å²) in [7, 11) is 0. The monoisotopic (exact) mass is 278 g/mol. The first kappa shape index (κ1) is 13.3. The summed E-state index contributed by atoms with van der Waals surface area (Å²) >= 11 is 6.01. The van der Waals surface area contributed by atoms with Gasteiger partial charge in [-0.1, -0.05) is 31.4 Å². The lowest BCUT2D eigenvalue weighted by atomic mass is 9.91. The van der Waals surface area contributed by atoms with Crippen LogP contribution in [-0.2, 0) is 0 Å². The van der Waals surface area contributed by atoms with Crippen LogP contribution in [0.1, 0.15) is 39.0 Å². The number of hydrogen-bond acceptors (Lipinski definition) is 2. The van der Waals surface area contributed by atoms with Gasteiger partial charge in [0.05, 0.1) is 0 Å². The fourth-order valence-corrected chi connectivity index (χ4v) is 3.77. The molecule has 19 heavy (non-hydrogen) atoms. The maximum atomic E-state index is 6.01. The van der Waals surface area contributed by atoms with Crippen LogP contribution in [0.3, 0.4) is 0 Å². The maximum absolute atomic E-state index is 6.01. The highest BCUT2D eigenvalue weighted by Crippen LogP contribution is 2.35. The topological polar surface area (TPSA) is 15.3 Å². The molecule has 1 aromatic carbocycles. The van der Waals surface area contributed by atoms with Crippen molar-refractivity contribution in [3.8, 4) is 0 Å². The van der Waals surface area contributed by atoms with E-state index in [4.69, 9.17) is 11.6 Å². The van der Waals surface area contributed by atoms with Gasteiger partial charge in [0, 0.05) is 35.4 Å². The Morgan fingerprint density at radius 3 is 2.58 bits per heavy atom. The lowest BCUT2D eigenvalue weighted by molar-refractivity contribution is 0.267. The molecule has 1 aliphatic carbocycles. The second-order valence-corrected chi connectivity index (χ2v) is 6.47. The SMILES string of the molecule is CCC1CNC2(CCCC2)CN1c1ccc(Cl)cc1. The molecule has 0 radical (unpaired) electrons. The van der Waals surface area contributed by atoms with Crippen LogP contribution in [-0.4, -0.2) is 24.7 Å². The predicted molar refractivity (Wildman–Crippen MR) is 82.1 cm³/mol. The standard InChI is InChI=1S/C16H23ClN2/c1-2-14-11-18-16(9-3-4-10-16)12-19(14)15-7-5-13(17)6-8-15/h5-8,14,18H,2-4,9-12H2,1H3. The van der Waals surface area contributed by atoms with E-state index in [9.17, 15) is 0 Å². The number of anilines is 1. The van der Waals surface area contributed by atoms with Crippen LogP contribution in [0.5, 0.6) is 0 Å². The van der Waals surface area contributed by atoms with Gasteiger partial charge in [-0.3, -0.25) is 0 Å². The van der Waals surface area contributed by atoms with Gasteiger partial charge >= 0.3 is 0 Å². The van der Waals surface area contributed by atoms with Gasteiger partial charge in [-0.15, -0.1) is 0 Å². The smallest absolute Gasteiger partial charge is 0.0412 e. The van der Waals surface area contributed by atoms with Crippen LogP contribution in [0.4, 0.5) is 5.69 Å². The zero-order chi connectivity index (χ0) is 13.3. The maximum Gasteiger partial charge on any atom is 0.0412 e. The molecule has 1 saturated heterocycles. The van der Waals surface area contributed by atoms with Crippen LogP contribution >= 0.6 is 11.6 Å². The van der Waals surface area contributed by atoms with Crippen LogP contribution < -0.4 is 10.2 Å². The van der Waals surface area contributed by atoms with Gasteiger partial charge in [0.1, 0.15) is 0 Å². The average molecular weight is 279 g/mol. The van der Waals surface area contributed by atoms with Gasteiger partial charge in [-0.2, -0.15) is 0 Å². The van der Waals surface area contributed by atoms with Gasteiger partial charge in [-0.05, 0) is 43.5 Å². The zero-order valence-electron chi connectivity index (χ0n) is 11.7. The molecule has 2 aliphatic rings. The first-order valence-electron chi connectivity index (χ1n) is 7.50. The number of piperazine rings is 1. The van der Waals surface area contributed by atoms with Gasteiger partial charge in [0.25, 0.3) is 0 Å². The first-order valence-corrected chi connectivity index (χ1v) is 7.87. The minimum absolute atomic E-state index is 0.366. The summed E-state index contributed by atoms with van der Waals surface area (Å²) in [4.78, 5) is 2.60. The molecule has 0 amide bonds. The average Bonchev–Trinajstić information content (AvgIpc) is 2.88. The van der Waals surface area contributed by atoms with Crippen molar-refractivity contribution in [2.75, 3.05) is 18.0 Å². The summed E-state index contributed by atoms with van der Waals surface area (Å²) in [6.45, 7) is 4.54.